The minimum absolute atomic E-state index is 0.0441. The number of aliphatic hydroxyl groups is 2. The zero-order valence-electron chi connectivity index (χ0n) is 12.2. The fourth-order valence-corrected chi connectivity index (χ4v) is 2.42. The molecule has 0 atom stereocenters. The van der Waals surface area contributed by atoms with Crippen LogP contribution in [0.15, 0.2) is 36.4 Å². The maximum atomic E-state index is 10.2. The third kappa shape index (κ3) is 3.41. The van der Waals surface area contributed by atoms with E-state index in [1.165, 1.54) is 6.07 Å². The van der Waals surface area contributed by atoms with Crippen LogP contribution in [0.1, 0.15) is 0 Å². The van der Waals surface area contributed by atoms with Gasteiger partial charge in [0.2, 0.25) is 0 Å². The third-order valence-corrected chi connectivity index (χ3v) is 3.41. The van der Waals surface area contributed by atoms with E-state index in [4.69, 9.17) is 11.5 Å². The Bertz CT molecular complexity index is 641. The fraction of sp³-hybridized carbons (Fsp3) is 0.250. The number of phenolic OH excluding ortho intramolecular Hbond substituents is 1. The molecule has 0 amide bonds. The molecule has 0 bridgehead atoms. The van der Waals surface area contributed by atoms with Crippen molar-refractivity contribution in [1.82, 2.24) is 0 Å². The van der Waals surface area contributed by atoms with E-state index in [2.05, 4.69) is 0 Å². The number of nitrogen functional groups attached to an aromatic ring is 2. The monoisotopic (exact) mass is 303 g/mol. The number of benzene rings is 2. The number of hydrogen-bond acceptors (Lipinski definition) is 6. The second-order valence-electron chi connectivity index (χ2n) is 4.99. The summed E-state index contributed by atoms with van der Waals surface area (Å²) in [5, 5.41) is 28.6. The van der Waals surface area contributed by atoms with Gasteiger partial charge in [0.05, 0.1) is 13.2 Å². The molecule has 7 N–H and O–H groups in total. The molecule has 0 unspecified atom stereocenters. The Labute approximate surface area is 129 Å². The van der Waals surface area contributed by atoms with Crippen LogP contribution in [0.5, 0.6) is 5.75 Å². The summed E-state index contributed by atoms with van der Waals surface area (Å²) >= 11 is 0. The molecule has 0 saturated carbocycles. The number of rotatable bonds is 6. The number of aromatic hydroxyl groups is 1. The SMILES string of the molecule is Nc1ccc(-c2cc(N)ccc2N(CCO)CCO)c(O)c1. The number of aliphatic hydroxyl groups excluding tert-OH is 2. The molecular weight excluding hydrogens is 282 g/mol. The topological polar surface area (TPSA) is 116 Å². The molecule has 0 heterocycles. The lowest BCUT2D eigenvalue weighted by Crippen LogP contribution is -2.30. The molecule has 0 aliphatic heterocycles. The minimum atomic E-state index is -0.0441. The molecule has 6 heteroatoms. The average Bonchev–Trinajstić information content (AvgIpc) is 2.47. The largest absolute Gasteiger partial charge is 0.507 e. The van der Waals surface area contributed by atoms with Crippen LogP contribution in [0.25, 0.3) is 11.1 Å². The van der Waals surface area contributed by atoms with Gasteiger partial charge in [0.25, 0.3) is 0 Å². The van der Waals surface area contributed by atoms with Crippen molar-refractivity contribution in [3.05, 3.63) is 36.4 Å². The van der Waals surface area contributed by atoms with Crippen LogP contribution in [0.4, 0.5) is 17.1 Å². The Morgan fingerprint density at radius 3 is 2.00 bits per heavy atom. The van der Waals surface area contributed by atoms with E-state index in [1.54, 1.807) is 24.3 Å². The molecule has 118 valence electrons. The van der Waals surface area contributed by atoms with Crippen LogP contribution >= 0.6 is 0 Å². The van der Waals surface area contributed by atoms with E-state index in [9.17, 15) is 15.3 Å². The summed E-state index contributed by atoms with van der Waals surface area (Å²) < 4.78 is 0. The average molecular weight is 303 g/mol. The van der Waals surface area contributed by atoms with Gasteiger partial charge in [0.1, 0.15) is 5.75 Å². The molecule has 0 fully saturated rings. The zero-order valence-corrected chi connectivity index (χ0v) is 12.2. The van der Waals surface area contributed by atoms with Crippen LogP contribution in [0.2, 0.25) is 0 Å². The van der Waals surface area contributed by atoms with Crippen LogP contribution in [0.3, 0.4) is 0 Å². The normalized spacial score (nSPS) is 10.6. The first-order valence-electron chi connectivity index (χ1n) is 7.02. The predicted molar refractivity (Wildman–Crippen MR) is 88.8 cm³/mol. The van der Waals surface area contributed by atoms with Gasteiger partial charge in [-0.3, -0.25) is 0 Å². The number of phenols is 1. The first kappa shape index (κ1) is 15.9. The highest BCUT2D eigenvalue weighted by molar-refractivity contribution is 5.85. The Hall–Kier alpha value is -2.44. The zero-order chi connectivity index (χ0) is 16.1. The molecule has 0 aliphatic rings. The molecule has 0 radical (unpaired) electrons. The van der Waals surface area contributed by atoms with Gasteiger partial charge < -0.3 is 31.7 Å². The standard InChI is InChI=1S/C16H21N3O3/c17-11-2-4-15(19(5-7-20)6-8-21)14(9-11)13-3-1-12(18)10-16(13)22/h1-4,9-10,20-22H,5-8,17-18H2. The van der Waals surface area contributed by atoms with E-state index in [1.807, 2.05) is 11.0 Å². The summed E-state index contributed by atoms with van der Waals surface area (Å²) in [5.74, 6) is 0.0554. The van der Waals surface area contributed by atoms with Crippen LogP contribution in [0, 0.1) is 0 Å². The van der Waals surface area contributed by atoms with Crippen molar-refractivity contribution in [1.29, 1.82) is 0 Å². The molecule has 0 spiro atoms. The molecule has 2 rings (SSSR count). The van der Waals surface area contributed by atoms with Gasteiger partial charge in [0, 0.05) is 47.3 Å². The summed E-state index contributed by atoms with van der Waals surface area (Å²) in [6.45, 7) is 0.648. The number of nitrogens with zero attached hydrogens (tertiary/aromatic N) is 1. The highest BCUT2D eigenvalue weighted by atomic mass is 16.3. The van der Waals surface area contributed by atoms with E-state index >= 15 is 0 Å². The van der Waals surface area contributed by atoms with Crippen LogP contribution in [-0.2, 0) is 0 Å². The first-order chi connectivity index (χ1) is 10.6. The Morgan fingerprint density at radius 1 is 0.818 bits per heavy atom. The number of hydrogen-bond donors (Lipinski definition) is 5. The summed E-state index contributed by atoms with van der Waals surface area (Å²) in [4.78, 5) is 1.84. The summed E-state index contributed by atoms with van der Waals surface area (Å²) in [5.41, 5.74) is 14.7. The Morgan fingerprint density at radius 2 is 1.41 bits per heavy atom. The lowest BCUT2D eigenvalue weighted by atomic mass is 10.0. The minimum Gasteiger partial charge on any atom is -0.507 e. The lowest BCUT2D eigenvalue weighted by molar-refractivity contribution is 0.281. The van der Waals surface area contributed by atoms with Crippen molar-refractivity contribution < 1.29 is 15.3 Å². The smallest absolute Gasteiger partial charge is 0.125 e. The summed E-state index contributed by atoms with van der Waals surface area (Å²) in [6, 6.07) is 10.2. The molecular formula is C16H21N3O3. The molecule has 2 aromatic rings. The Kier molecular flexibility index (Phi) is 5.08. The van der Waals surface area contributed by atoms with Gasteiger partial charge in [-0.15, -0.1) is 0 Å². The van der Waals surface area contributed by atoms with Gasteiger partial charge in [0.15, 0.2) is 0 Å². The second kappa shape index (κ2) is 7.02. The highest BCUT2D eigenvalue weighted by Gasteiger charge is 2.15. The maximum absolute atomic E-state index is 10.2. The van der Waals surface area contributed by atoms with E-state index < -0.39 is 0 Å². The molecule has 22 heavy (non-hydrogen) atoms. The second-order valence-corrected chi connectivity index (χ2v) is 4.99. The van der Waals surface area contributed by atoms with Gasteiger partial charge in [-0.1, -0.05) is 0 Å². The summed E-state index contributed by atoms with van der Waals surface area (Å²) in [7, 11) is 0. The van der Waals surface area contributed by atoms with E-state index in [0.29, 0.717) is 30.0 Å². The van der Waals surface area contributed by atoms with E-state index in [0.717, 1.165) is 11.3 Å². The van der Waals surface area contributed by atoms with Gasteiger partial charge >= 0.3 is 0 Å². The highest BCUT2D eigenvalue weighted by Crippen LogP contribution is 2.38. The quantitative estimate of drug-likeness (QED) is 0.509. The molecule has 0 aromatic heterocycles. The third-order valence-electron chi connectivity index (χ3n) is 3.41. The lowest BCUT2D eigenvalue weighted by Gasteiger charge is -2.26. The maximum Gasteiger partial charge on any atom is 0.125 e. The van der Waals surface area contributed by atoms with Crippen molar-refractivity contribution in [2.75, 3.05) is 42.7 Å². The summed E-state index contributed by atoms with van der Waals surface area (Å²) in [6.07, 6.45) is 0. The van der Waals surface area contributed by atoms with Gasteiger partial charge in [-0.25, -0.2) is 0 Å². The number of anilines is 3. The van der Waals surface area contributed by atoms with Gasteiger partial charge in [-0.05, 0) is 30.3 Å². The molecule has 6 nitrogen and oxygen atoms in total. The van der Waals surface area contributed by atoms with Crippen molar-refractivity contribution >= 4 is 17.1 Å². The molecule has 0 aliphatic carbocycles. The van der Waals surface area contributed by atoms with Crippen molar-refractivity contribution in [3.63, 3.8) is 0 Å². The first-order valence-corrected chi connectivity index (χ1v) is 7.02. The van der Waals surface area contributed by atoms with Gasteiger partial charge in [-0.2, -0.15) is 0 Å². The van der Waals surface area contributed by atoms with Crippen LogP contribution < -0.4 is 16.4 Å². The molecule has 0 saturated heterocycles. The van der Waals surface area contributed by atoms with Crippen molar-refractivity contribution in [3.8, 4) is 16.9 Å². The van der Waals surface area contributed by atoms with Crippen molar-refractivity contribution in [2.24, 2.45) is 0 Å². The predicted octanol–water partition coefficient (Wildman–Crippen LogP) is 1.01. The number of nitrogens with two attached hydrogens (primary N) is 2. The van der Waals surface area contributed by atoms with E-state index in [-0.39, 0.29) is 19.0 Å². The van der Waals surface area contributed by atoms with Crippen molar-refractivity contribution in [2.45, 2.75) is 0 Å². The van der Waals surface area contributed by atoms with Crippen LogP contribution in [-0.4, -0.2) is 41.6 Å². The Balaban J connectivity index is 2.56. The fourth-order valence-electron chi connectivity index (χ4n) is 2.42. The molecule has 2 aromatic carbocycles.